The molecule has 0 unspecified atom stereocenters. The number of piperidine rings is 1. The van der Waals surface area contributed by atoms with Gasteiger partial charge in [0.25, 0.3) is 5.56 Å². The minimum absolute atomic E-state index is 0.0381. The first-order valence-corrected chi connectivity index (χ1v) is 9.72. The number of hydrogen-bond acceptors (Lipinski definition) is 6. The van der Waals surface area contributed by atoms with Crippen molar-refractivity contribution in [2.75, 3.05) is 23.3 Å². The predicted molar refractivity (Wildman–Crippen MR) is 105 cm³/mol. The highest BCUT2D eigenvalue weighted by atomic mass is 32.1. The topological polar surface area (TPSA) is 69.9 Å². The van der Waals surface area contributed by atoms with Crippen LogP contribution in [0.25, 0.3) is 4.96 Å². The highest BCUT2D eigenvalue weighted by Crippen LogP contribution is 2.28. The lowest BCUT2D eigenvalue weighted by atomic mass is 10.1. The second-order valence-corrected chi connectivity index (χ2v) is 7.51. The first-order valence-electron chi connectivity index (χ1n) is 8.84. The van der Waals surface area contributed by atoms with E-state index in [-0.39, 0.29) is 11.7 Å². The first-order chi connectivity index (χ1) is 12.6. The Bertz CT molecular complexity index is 973. The molecule has 4 rings (SSSR count). The first kappa shape index (κ1) is 17.1. The van der Waals surface area contributed by atoms with Crippen LogP contribution in [0.5, 0.6) is 0 Å². The molecule has 1 saturated heterocycles. The molecule has 0 atom stereocenters. The number of fused-ring (bicyclic) bond motifs is 1. The predicted octanol–water partition coefficient (Wildman–Crippen LogP) is 2.64. The maximum atomic E-state index is 12.3. The smallest absolute Gasteiger partial charge is 0.259 e. The average Bonchev–Trinajstić information content (AvgIpc) is 3.02. The summed E-state index contributed by atoms with van der Waals surface area (Å²) >= 11 is 1.48. The molecular formula is C19H22N4O2S. The molecule has 1 aliphatic rings. The SMILES string of the molecule is Cc1csc2nc(CNc3ccccc3N3CCC(O)CC3)cc(=O)n12. The summed E-state index contributed by atoms with van der Waals surface area (Å²) in [6, 6.07) is 9.75. The van der Waals surface area contributed by atoms with Crippen molar-refractivity contribution in [1.29, 1.82) is 0 Å². The van der Waals surface area contributed by atoms with Crippen molar-refractivity contribution in [2.45, 2.75) is 32.4 Å². The molecule has 0 saturated carbocycles. The van der Waals surface area contributed by atoms with Gasteiger partial charge >= 0.3 is 0 Å². The lowest BCUT2D eigenvalue weighted by molar-refractivity contribution is 0.145. The number of benzene rings is 1. The van der Waals surface area contributed by atoms with Gasteiger partial charge in [-0.15, -0.1) is 11.3 Å². The van der Waals surface area contributed by atoms with Crippen molar-refractivity contribution in [2.24, 2.45) is 0 Å². The van der Waals surface area contributed by atoms with Crippen molar-refractivity contribution >= 4 is 27.7 Å². The Hall–Kier alpha value is -2.38. The minimum Gasteiger partial charge on any atom is -0.393 e. The van der Waals surface area contributed by atoms with Crippen LogP contribution in [0.2, 0.25) is 0 Å². The Labute approximate surface area is 155 Å². The molecule has 6 nitrogen and oxygen atoms in total. The zero-order chi connectivity index (χ0) is 18.1. The van der Waals surface area contributed by atoms with E-state index in [1.807, 2.05) is 30.5 Å². The van der Waals surface area contributed by atoms with Crippen molar-refractivity contribution in [3.63, 3.8) is 0 Å². The Morgan fingerprint density at radius 1 is 1.31 bits per heavy atom. The number of aromatic nitrogens is 2. The Morgan fingerprint density at radius 3 is 2.88 bits per heavy atom. The third-order valence-corrected chi connectivity index (χ3v) is 5.74. The number of aliphatic hydroxyl groups excluding tert-OH is 1. The fourth-order valence-electron chi connectivity index (χ4n) is 3.38. The lowest BCUT2D eigenvalue weighted by Gasteiger charge is -2.33. The highest BCUT2D eigenvalue weighted by Gasteiger charge is 2.19. The third kappa shape index (κ3) is 3.32. The van der Waals surface area contributed by atoms with Gasteiger partial charge in [0.15, 0.2) is 4.96 Å². The fourth-order valence-corrected chi connectivity index (χ4v) is 4.27. The summed E-state index contributed by atoms with van der Waals surface area (Å²) in [4.78, 5) is 19.9. The van der Waals surface area contributed by atoms with E-state index < -0.39 is 0 Å². The van der Waals surface area contributed by atoms with Crippen LogP contribution in [0.1, 0.15) is 24.2 Å². The molecule has 2 aromatic heterocycles. The van der Waals surface area contributed by atoms with E-state index in [9.17, 15) is 9.90 Å². The number of hydrogen-bond donors (Lipinski definition) is 2. The molecule has 0 radical (unpaired) electrons. The standard InChI is InChI=1S/C19H22N4O2S/c1-13-12-26-19-21-14(10-18(25)23(13)19)11-20-16-4-2-3-5-17(16)22-8-6-15(24)7-9-22/h2-5,10,12,15,20,24H,6-9,11H2,1H3. The second-order valence-electron chi connectivity index (χ2n) is 6.67. The van der Waals surface area contributed by atoms with E-state index in [1.54, 1.807) is 10.5 Å². The van der Waals surface area contributed by atoms with Crippen LogP contribution >= 0.6 is 11.3 Å². The fraction of sp³-hybridized carbons (Fsp3) is 0.368. The molecule has 26 heavy (non-hydrogen) atoms. The van der Waals surface area contributed by atoms with E-state index in [0.717, 1.165) is 53.7 Å². The van der Waals surface area contributed by atoms with Gasteiger partial charge in [-0.2, -0.15) is 0 Å². The van der Waals surface area contributed by atoms with Crippen LogP contribution in [0.3, 0.4) is 0 Å². The molecule has 3 heterocycles. The van der Waals surface area contributed by atoms with E-state index in [1.165, 1.54) is 11.3 Å². The van der Waals surface area contributed by atoms with Crippen molar-refractivity contribution in [1.82, 2.24) is 9.38 Å². The van der Waals surface area contributed by atoms with Gasteiger partial charge in [-0.25, -0.2) is 4.98 Å². The van der Waals surface area contributed by atoms with Crippen LogP contribution in [-0.2, 0) is 6.54 Å². The second kappa shape index (κ2) is 7.09. The molecule has 1 aromatic carbocycles. The molecular weight excluding hydrogens is 348 g/mol. The maximum absolute atomic E-state index is 12.3. The molecule has 7 heteroatoms. The van der Waals surface area contributed by atoms with Crippen molar-refractivity contribution in [3.05, 3.63) is 57.5 Å². The van der Waals surface area contributed by atoms with Gasteiger partial charge in [0.2, 0.25) is 0 Å². The van der Waals surface area contributed by atoms with Crippen LogP contribution in [0.15, 0.2) is 40.5 Å². The average molecular weight is 370 g/mol. The molecule has 1 fully saturated rings. The summed E-state index contributed by atoms with van der Waals surface area (Å²) in [5, 5.41) is 15.1. The van der Waals surface area contributed by atoms with Gasteiger partial charge in [-0.3, -0.25) is 9.20 Å². The lowest BCUT2D eigenvalue weighted by Crippen LogP contribution is -2.36. The molecule has 0 aliphatic carbocycles. The number of aryl methyl sites for hydroxylation is 1. The molecule has 136 valence electrons. The largest absolute Gasteiger partial charge is 0.393 e. The Balaban J connectivity index is 1.54. The van der Waals surface area contributed by atoms with Crippen molar-refractivity contribution < 1.29 is 5.11 Å². The summed E-state index contributed by atoms with van der Waals surface area (Å²) in [6.45, 7) is 4.10. The number of nitrogens with zero attached hydrogens (tertiary/aromatic N) is 3. The summed E-state index contributed by atoms with van der Waals surface area (Å²) in [5.74, 6) is 0. The highest BCUT2D eigenvalue weighted by molar-refractivity contribution is 7.15. The monoisotopic (exact) mass is 370 g/mol. The number of rotatable bonds is 4. The van der Waals surface area contributed by atoms with E-state index in [4.69, 9.17) is 0 Å². The zero-order valence-corrected chi connectivity index (χ0v) is 15.5. The summed E-state index contributed by atoms with van der Waals surface area (Å²) in [5.41, 5.74) is 3.77. The van der Waals surface area contributed by atoms with E-state index >= 15 is 0 Å². The number of aliphatic hydroxyl groups is 1. The Morgan fingerprint density at radius 2 is 2.08 bits per heavy atom. The van der Waals surface area contributed by atoms with Crippen molar-refractivity contribution in [3.8, 4) is 0 Å². The third-order valence-electron chi connectivity index (χ3n) is 4.80. The molecule has 0 amide bonds. The van der Waals surface area contributed by atoms with Gasteiger partial charge in [-0.1, -0.05) is 12.1 Å². The molecule has 1 aliphatic heterocycles. The van der Waals surface area contributed by atoms with Gasteiger partial charge < -0.3 is 15.3 Å². The summed E-state index contributed by atoms with van der Waals surface area (Å²) < 4.78 is 1.64. The number of nitrogens with one attached hydrogen (secondary N) is 1. The van der Waals surface area contributed by atoms with Crippen LogP contribution in [0, 0.1) is 6.92 Å². The summed E-state index contributed by atoms with van der Waals surface area (Å²) in [7, 11) is 0. The maximum Gasteiger partial charge on any atom is 0.259 e. The van der Waals surface area contributed by atoms with Gasteiger partial charge in [0.05, 0.1) is 29.7 Å². The zero-order valence-electron chi connectivity index (χ0n) is 14.7. The number of thiazole rings is 1. The summed E-state index contributed by atoms with van der Waals surface area (Å²) in [6.07, 6.45) is 1.40. The molecule has 2 N–H and O–H groups in total. The Kier molecular flexibility index (Phi) is 4.65. The molecule has 3 aromatic rings. The van der Waals surface area contributed by atoms with Crippen LogP contribution in [-0.4, -0.2) is 33.7 Å². The van der Waals surface area contributed by atoms with Gasteiger partial charge in [0.1, 0.15) is 0 Å². The van der Waals surface area contributed by atoms with Crippen LogP contribution in [0.4, 0.5) is 11.4 Å². The molecule has 0 spiro atoms. The van der Waals surface area contributed by atoms with E-state index in [2.05, 4.69) is 21.3 Å². The minimum atomic E-state index is -0.190. The molecule has 0 bridgehead atoms. The number of para-hydroxylation sites is 2. The van der Waals surface area contributed by atoms with E-state index in [0.29, 0.717) is 6.54 Å². The van der Waals surface area contributed by atoms with Gasteiger partial charge in [0, 0.05) is 30.2 Å². The quantitative estimate of drug-likeness (QED) is 0.739. The number of anilines is 2. The normalized spacial score (nSPS) is 15.5. The van der Waals surface area contributed by atoms with Gasteiger partial charge in [-0.05, 0) is 31.9 Å². The van der Waals surface area contributed by atoms with Crippen LogP contribution < -0.4 is 15.8 Å².